The van der Waals surface area contributed by atoms with Crippen LogP contribution in [0.3, 0.4) is 0 Å². The van der Waals surface area contributed by atoms with Gasteiger partial charge in [0.25, 0.3) is 0 Å². The van der Waals surface area contributed by atoms with Crippen molar-refractivity contribution in [2.45, 2.75) is 31.8 Å². The minimum Gasteiger partial charge on any atom is -0.347 e. The summed E-state index contributed by atoms with van der Waals surface area (Å²) in [5, 5.41) is 4.52. The summed E-state index contributed by atoms with van der Waals surface area (Å²) in [4.78, 5) is 26.8. The molecule has 1 unspecified atom stereocenters. The highest BCUT2D eigenvalue weighted by atomic mass is 16.2. The monoisotopic (exact) mass is 355 g/mol. The van der Waals surface area contributed by atoms with Crippen LogP contribution >= 0.6 is 0 Å². The van der Waals surface area contributed by atoms with Crippen LogP contribution in [-0.2, 0) is 11.3 Å². The maximum absolute atomic E-state index is 11.9. The normalized spacial score (nSPS) is 20.9. The number of likely N-dealkylation sites (tertiary alicyclic amines) is 1. The lowest BCUT2D eigenvalue weighted by atomic mass is 10.3. The maximum Gasteiger partial charge on any atom is 0.227 e. The van der Waals surface area contributed by atoms with Gasteiger partial charge in [0, 0.05) is 70.8 Å². The molecule has 0 bridgehead atoms. The Morgan fingerprint density at radius 2 is 2.00 bits per heavy atom. The highest BCUT2D eigenvalue weighted by Gasteiger charge is 2.27. The largest absolute Gasteiger partial charge is 0.347 e. The summed E-state index contributed by atoms with van der Waals surface area (Å²) in [6.07, 6.45) is 10.3. The Hall–Kier alpha value is -2.48. The summed E-state index contributed by atoms with van der Waals surface area (Å²) in [7, 11) is 3.88. The number of amides is 1. The zero-order valence-electron chi connectivity index (χ0n) is 15.4. The minimum atomic E-state index is 0.207. The molecule has 1 atom stereocenters. The standard InChI is InChI=1S/C18H25N7O/c1-22(2)18-19-8-14(9-20-18)11-23-7-5-15(12-23)25-13-16(10-21-25)24-6-3-4-17(24)26/h8-10,13,15H,3-7,11-12H2,1-2H3. The van der Waals surface area contributed by atoms with Crippen molar-refractivity contribution in [2.75, 3.05) is 43.5 Å². The van der Waals surface area contributed by atoms with Gasteiger partial charge in [0.05, 0.1) is 17.9 Å². The summed E-state index contributed by atoms with van der Waals surface area (Å²) in [6, 6.07) is 0.350. The van der Waals surface area contributed by atoms with E-state index in [0.717, 1.165) is 56.2 Å². The highest BCUT2D eigenvalue weighted by molar-refractivity contribution is 5.95. The zero-order chi connectivity index (χ0) is 18.1. The van der Waals surface area contributed by atoms with E-state index in [2.05, 4.69) is 20.0 Å². The van der Waals surface area contributed by atoms with E-state index in [1.807, 2.05) is 53.4 Å². The predicted octanol–water partition coefficient (Wildman–Crippen LogP) is 1.31. The predicted molar refractivity (Wildman–Crippen MR) is 99.1 cm³/mol. The molecule has 1 amide bonds. The van der Waals surface area contributed by atoms with E-state index >= 15 is 0 Å². The topological polar surface area (TPSA) is 70.4 Å². The van der Waals surface area contributed by atoms with Crippen LogP contribution in [0.4, 0.5) is 11.6 Å². The fourth-order valence-corrected chi connectivity index (χ4v) is 3.68. The van der Waals surface area contributed by atoms with Crippen molar-refractivity contribution in [3.8, 4) is 0 Å². The van der Waals surface area contributed by atoms with Crippen molar-refractivity contribution in [1.82, 2.24) is 24.6 Å². The smallest absolute Gasteiger partial charge is 0.227 e. The Kier molecular flexibility index (Phi) is 4.58. The lowest BCUT2D eigenvalue weighted by Gasteiger charge is -2.17. The zero-order valence-corrected chi connectivity index (χ0v) is 15.4. The lowest BCUT2D eigenvalue weighted by Crippen LogP contribution is -2.23. The third-order valence-electron chi connectivity index (χ3n) is 5.09. The van der Waals surface area contributed by atoms with E-state index in [-0.39, 0.29) is 5.91 Å². The van der Waals surface area contributed by atoms with E-state index in [1.165, 1.54) is 0 Å². The lowest BCUT2D eigenvalue weighted by molar-refractivity contribution is -0.117. The maximum atomic E-state index is 11.9. The molecule has 2 aliphatic heterocycles. The van der Waals surface area contributed by atoms with Gasteiger partial charge in [-0.15, -0.1) is 0 Å². The number of anilines is 2. The summed E-state index contributed by atoms with van der Waals surface area (Å²) in [5.41, 5.74) is 2.05. The van der Waals surface area contributed by atoms with E-state index in [1.54, 1.807) is 0 Å². The number of rotatable bonds is 5. The van der Waals surface area contributed by atoms with Gasteiger partial charge in [-0.2, -0.15) is 5.10 Å². The Morgan fingerprint density at radius 1 is 1.19 bits per heavy atom. The van der Waals surface area contributed by atoms with Crippen LogP contribution in [0.25, 0.3) is 0 Å². The molecule has 0 aliphatic carbocycles. The van der Waals surface area contributed by atoms with E-state index < -0.39 is 0 Å². The van der Waals surface area contributed by atoms with Crippen molar-refractivity contribution in [2.24, 2.45) is 0 Å². The van der Waals surface area contributed by atoms with Gasteiger partial charge in [-0.05, 0) is 12.8 Å². The molecule has 8 nitrogen and oxygen atoms in total. The van der Waals surface area contributed by atoms with Gasteiger partial charge < -0.3 is 9.80 Å². The molecule has 4 heterocycles. The first-order valence-corrected chi connectivity index (χ1v) is 9.15. The second kappa shape index (κ2) is 7.03. The molecule has 0 saturated carbocycles. The number of carbonyl (C=O) groups is 1. The van der Waals surface area contributed by atoms with E-state index in [0.29, 0.717) is 12.5 Å². The third-order valence-corrected chi connectivity index (χ3v) is 5.09. The van der Waals surface area contributed by atoms with Crippen molar-refractivity contribution >= 4 is 17.5 Å². The van der Waals surface area contributed by atoms with Crippen LogP contribution in [0.15, 0.2) is 24.8 Å². The van der Waals surface area contributed by atoms with Crippen LogP contribution in [0, 0.1) is 0 Å². The van der Waals surface area contributed by atoms with E-state index in [9.17, 15) is 4.79 Å². The van der Waals surface area contributed by atoms with Crippen molar-refractivity contribution in [3.63, 3.8) is 0 Å². The van der Waals surface area contributed by atoms with Gasteiger partial charge in [0.2, 0.25) is 11.9 Å². The van der Waals surface area contributed by atoms with Gasteiger partial charge >= 0.3 is 0 Å². The molecule has 0 N–H and O–H groups in total. The summed E-state index contributed by atoms with van der Waals surface area (Å²) in [5.74, 6) is 0.937. The molecule has 26 heavy (non-hydrogen) atoms. The average Bonchev–Trinajstić information content (AvgIpc) is 3.35. The second-order valence-corrected chi connectivity index (χ2v) is 7.29. The van der Waals surface area contributed by atoms with Crippen LogP contribution in [-0.4, -0.2) is 64.3 Å². The number of carbonyl (C=O) groups excluding carboxylic acids is 1. The minimum absolute atomic E-state index is 0.207. The Bertz CT molecular complexity index is 770. The molecule has 8 heteroatoms. The van der Waals surface area contributed by atoms with Crippen LogP contribution in [0.1, 0.15) is 30.9 Å². The van der Waals surface area contributed by atoms with Gasteiger partial charge in [0.1, 0.15) is 0 Å². The Balaban J connectivity index is 1.36. The molecule has 2 saturated heterocycles. The first-order valence-electron chi connectivity index (χ1n) is 9.15. The summed E-state index contributed by atoms with van der Waals surface area (Å²) in [6.45, 7) is 3.63. The molecule has 2 fully saturated rings. The molecular weight excluding hydrogens is 330 g/mol. The van der Waals surface area contributed by atoms with Gasteiger partial charge in [-0.25, -0.2) is 9.97 Å². The number of hydrogen-bond donors (Lipinski definition) is 0. The Morgan fingerprint density at radius 3 is 2.69 bits per heavy atom. The molecule has 0 radical (unpaired) electrons. The fourth-order valence-electron chi connectivity index (χ4n) is 3.68. The van der Waals surface area contributed by atoms with Crippen molar-refractivity contribution in [3.05, 3.63) is 30.4 Å². The van der Waals surface area contributed by atoms with Crippen molar-refractivity contribution < 1.29 is 4.79 Å². The van der Waals surface area contributed by atoms with Gasteiger partial charge in [-0.3, -0.25) is 14.4 Å². The SMILES string of the molecule is CN(C)c1ncc(CN2CCC(n3cc(N4CCCC4=O)cn3)C2)cn1. The number of nitrogens with zero attached hydrogens (tertiary/aromatic N) is 7. The first kappa shape index (κ1) is 17.0. The average molecular weight is 355 g/mol. The third kappa shape index (κ3) is 3.41. The highest BCUT2D eigenvalue weighted by Crippen LogP contribution is 2.26. The van der Waals surface area contributed by atoms with E-state index in [4.69, 9.17) is 0 Å². The number of aromatic nitrogens is 4. The molecule has 4 rings (SSSR count). The Labute approximate surface area is 153 Å². The van der Waals surface area contributed by atoms with Gasteiger partial charge in [0.15, 0.2) is 0 Å². The summed E-state index contributed by atoms with van der Waals surface area (Å²) < 4.78 is 2.02. The molecule has 138 valence electrons. The molecule has 2 aromatic heterocycles. The van der Waals surface area contributed by atoms with Crippen LogP contribution < -0.4 is 9.80 Å². The molecule has 2 aliphatic rings. The molecule has 0 spiro atoms. The quantitative estimate of drug-likeness (QED) is 0.805. The van der Waals surface area contributed by atoms with Crippen LogP contribution in [0.5, 0.6) is 0 Å². The molecule has 0 aromatic carbocycles. The van der Waals surface area contributed by atoms with Gasteiger partial charge in [-0.1, -0.05) is 0 Å². The molecular formula is C18H25N7O. The van der Waals surface area contributed by atoms with Crippen LogP contribution in [0.2, 0.25) is 0 Å². The van der Waals surface area contributed by atoms with Crippen molar-refractivity contribution in [1.29, 1.82) is 0 Å². The summed E-state index contributed by atoms with van der Waals surface area (Å²) >= 11 is 0. The first-order chi connectivity index (χ1) is 12.6. The molecule has 2 aromatic rings. The number of hydrogen-bond acceptors (Lipinski definition) is 6. The second-order valence-electron chi connectivity index (χ2n) is 7.29. The fraction of sp³-hybridized carbons (Fsp3) is 0.556.